The van der Waals surface area contributed by atoms with E-state index in [0.717, 1.165) is 29.7 Å². The summed E-state index contributed by atoms with van der Waals surface area (Å²) in [6, 6.07) is 5.32. The van der Waals surface area contributed by atoms with E-state index in [1.807, 2.05) is 0 Å². The maximum absolute atomic E-state index is 13.0. The number of nitro groups is 1. The first kappa shape index (κ1) is 21.7. The molecular formula is C22H21N3O6S. The standard InChI is InChI=1S/C22H21N3O6S/c1-3-30-22(27)18-14-6-4-11(2)8-17(14)32-21(18)24-20(26)15-10-12-9-13(25(28)29)5-7-16(12)31-19(15)23/h5,7,9-11,23H,3-4,6,8H2,1-2H3,(H,24,26). The Labute approximate surface area is 186 Å². The van der Waals surface area contributed by atoms with Crippen molar-refractivity contribution in [3.8, 4) is 0 Å². The second-order valence-corrected chi connectivity index (χ2v) is 8.80. The predicted molar refractivity (Wildman–Crippen MR) is 118 cm³/mol. The van der Waals surface area contributed by atoms with E-state index in [0.29, 0.717) is 21.9 Å². The number of benzene rings is 1. The minimum absolute atomic E-state index is 0.0902. The molecule has 4 rings (SSSR count). The zero-order chi connectivity index (χ0) is 23.0. The van der Waals surface area contributed by atoms with Crippen LogP contribution in [0.2, 0.25) is 0 Å². The number of carbonyl (C=O) groups is 2. The van der Waals surface area contributed by atoms with Gasteiger partial charge in [-0.2, -0.15) is 0 Å². The lowest BCUT2D eigenvalue weighted by Crippen LogP contribution is -2.22. The van der Waals surface area contributed by atoms with Crippen molar-refractivity contribution in [1.29, 1.82) is 5.41 Å². The zero-order valence-electron chi connectivity index (χ0n) is 17.5. The van der Waals surface area contributed by atoms with E-state index < -0.39 is 16.8 Å². The molecule has 1 aliphatic rings. The largest absolute Gasteiger partial charge is 0.462 e. The SMILES string of the molecule is CCOC(=O)c1c(NC(=O)c2cc3cc([N+](=O)[O-])ccc3oc2=N)sc2c1CCC(C)C2. The number of amides is 1. The van der Waals surface area contributed by atoms with Crippen LogP contribution in [0, 0.1) is 21.4 Å². The molecule has 32 heavy (non-hydrogen) atoms. The average molecular weight is 455 g/mol. The highest BCUT2D eigenvalue weighted by Crippen LogP contribution is 2.40. The molecule has 10 heteroatoms. The molecule has 0 saturated heterocycles. The lowest BCUT2D eigenvalue weighted by Gasteiger charge is -2.18. The van der Waals surface area contributed by atoms with E-state index in [-0.39, 0.29) is 29.0 Å². The fourth-order valence-corrected chi connectivity index (χ4v) is 5.23. The van der Waals surface area contributed by atoms with Crippen molar-refractivity contribution >= 4 is 44.9 Å². The zero-order valence-corrected chi connectivity index (χ0v) is 18.3. The van der Waals surface area contributed by atoms with Crippen LogP contribution >= 0.6 is 11.3 Å². The van der Waals surface area contributed by atoms with Crippen LogP contribution in [0.4, 0.5) is 10.7 Å². The van der Waals surface area contributed by atoms with Gasteiger partial charge in [0.25, 0.3) is 11.6 Å². The van der Waals surface area contributed by atoms with Crippen molar-refractivity contribution in [3.05, 3.63) is 61.5 Å². The number of esters is 1. The second kappa shape index (κ2) is 8.54. The number of thiophene rings is 1. The monoisotopic (exact) mass is 455 g/mol. The Morgan fingerprint density at radius 3 is 2.88 bits per heavy atom. The Morgan fingerprint density at radius 2 is 2.16 bits per heavy atom. The van der Waals surface area contributed by atoms with Crippen molar-refractivity contribution in [1.82, 2.24) is 0 Å². The summed E-state index contributed by atoms with van der Waals surface area (Å²) >= 11 is 1.34. The Balaban J connectivity index is 1.73. The average Bonchev–Trinajstić information content (AvgIpc) is 3.09. The number of nitro benzene ring substituents is 1. The van der Waals surface area contributed by atoms with Gasteiger partial charge in [0.2, 0.25) is 5.55 Å². The highest BCUT2D eigenvalue weighted by molar-refractivity contribution is 7.17. The molecule has 2 N–H and O–H groups in total. The first-order valence-electron chi connectivity index (χ1n) is 10.2. The van der Waals surface area contributed by atoms with Gasteiger partial charge in [0, 0.05) is 22.4 Å². The minimum atomic E-state index is -0.635. The van der Waals surface area contributed by atoms with Gasteiger partial charge >= 0.3 is 5.97 Å². The van der Waals surface area contributed by atoms with Crippen molar-refractivity contribution in [2.24, 2.45) is 5.92 Å². The van der Waals surface area contributed by atoms with Crippen molar-refractivity contribution in [2.45, 2.75) is 33.1 Å². The molecule has 1 unspecified atom stereocenters. The number of ether oxygens (including phenoxy) is 1. The van der Waals surface area contributed by atoms with Crippen molar-refractivity contribution in [3.63, 3.8) is 0 Å². The number of anilines is 1. The molecular weight excluding hydrogens is 434 g/mol. The van der Waals surface area contributed by atoms with E-state index in [2.05, 4.69) is 12.2 Å². The maximum Gasteiger partial charge on any atom is 0.341 e. The molecule has 1 aliphatic carbocycles. The van der Waals surface area contributed by atoms with Gasteiger partial charge in [-0.15, -0.1) is 11.3 Å². The molecule has 1 aromatic carbocycles. The molecule has 0 bridgehead atoms. The van der Waals surface area contributed by atoms with Crippen LogP contribution in [-0.4, -0.2) is 23.4 Å². The summed E-state index contributed by atoms with van der Waals surface area (Å²) < 4.78 is 10.6. The molecule has 0 spiro atoms. The van der Waals surface area contributed by atoms with Crippen LogP contribution in [0.15, 0.2) is 28.7 Å². The summed E-state index contributed by atoms with van der Waals surface area (Å²) in [4.78, 5) is 37.3. The van der Waals surface area contributed by atoms with Gasteiger partial charge in [0.05, 0.1) is 17.1 Å². The van der Waals surface area contributed by atoms with Crippen LogP contribution in [0.25, 0.3) is 11.0 Å². The molecule has 0 aliphatic heterocycles. The van der Waals surface area contributed by atoms with Gasteiger partial charge in [-0.3, -0.25) is 20.3 Å². The third-order valence-electron chi connectivity index (χ3n) is 5.42. The topological polar surface area (TPSA) is 136 Å². The van der Waals surface area contributed by atoms with Crippen LogP contribution in [0.3, 0.4) is 0 Å². The van der Waals surface area contributed by atoms with Gasteiger partial charge < -0.3 is 14.5 Å². The van der Waals surface area contributed by atoms with Crippen LogP contribution in [0.1, 0.15) is 51.4 Å². The third kappa shape index (κ3) is 4.01. The molecule has 0 fully saturated rings. The second-order valence-electron chi connectivity index (χ2n) is 7.70. The Kier molecular flexibility index (Phi) is 5.79. The first-order valence-corrected chi connectivity index (χ1v) is 11.0. The molecule has 3 aromatic rings. The maximum atomic E-state index is 13.0. The van der Waals surface area contributed by atoms with Gasteiger partial charge in [0.15, 0.2) is 0 Å². The Morgan fingerprint density at radius 1 is 1.38 bits per heavy atom. The molecule has 166 valence electrons. The summed E-state index contributed by atoms with van der Waals surface area (Å²) in [5, 5.41) is 22.6. The number of fused-ring (bicyclic) bond motifs is 2. The molecule has 0 radical (unpaired) electrons. The summed E-state index contributed by atoms with van der Waals surface area (Å²) in [6.45, 7) is 4.08. The quantitative estimate of drug-likeness (QED) is 0.332. The molecule has 9 nitrogen and oxygen atoms in total. The lowest BCUT2D eigenvalue weighted by atomic mass is 9.88. The van der Waals surface area contributed by atoms with Crippen molar-refractivity contribution < 1.29 is 23.7 Å². The summed E-state index contributed by atoms with van der Waals surface area (Å²) in [5.41, 5.74) is 0.911. The van der Waals surface area contributed by atoms with Crippen molar-refractivity contribution in [2.75, 3.05) is 11.9 Å². The molecule has 2 heterocycles. The Hall–Kier alpha value is -3.53. The lowest BCUT2D eigenvalue weighted by molar-refractivity contribution is -0.384. The van der Waals surface area contributed by atoms with Crippen LogP contribution in [-0.2, 0) is 17.6 Å². The number of nitrogens with zero attached hydrogens (tertiary/aromatic N) is 1. The molecule has 0 saturated carbocycles. The molecule has 1 amide bonds. The van der Waals surface area contributed by atoms with Crippen LogP contribution in [0.5, 0.6) is 0 Å². The van der Waals surface area contributed by atoms with Gasteiger partial charge in [0.1, 0.15) is 16.1 Å². The van der Waals surface area contributed by atoms with E-state index in [1.165, 1.54) is 35.6 Å². The summed E-state index contributed by atoms with van der Waals surface area (Å²) in [5.74, 6) is -0.640. The summed E-state index contributed by atoms with van der Waals surface area (Å²) in [6.07, 6.45) is 2.50. The number of hydrogen-bond donors (Lipinski definition) is 2. The smallest absolute Gasteiger partial charge is 0.341 e. The fourth-order valence-electron chi connectivity index (χ4n) is 3.84. The van der Waals surface area contributed by atoms with Crippen LogP contribution < -0.4 is 10.9 Å². The third-order valence-corrected chi connectivity index (χ3v) is 6.59. The number of nitrogens with one attached hydrogen (secondary N) is 2. The number of hydrogen-bond acceptors (Lipinski definition) is 8. The van der Waals surface area contributed by atoms with E-state index in [9.17, 15) is 19.7 Å². The highest BCUT2D eigenvalue weighted by Gasteiger charge is 2.29. The first-order chi connectivity index (χ1) is 15.3. The molecule has 2 aromatic heterocycles. The number of rotatable bonds is 5. The number of carbonyl (C=O) groups excluding carboxylic acids is 2. The predicted octanol–water partition coefficient (Wildman–Crippen LogP) is 4.44. The Bertz CT molecular complexity index is 1310. The van der Waals surface area contributed by atoms with E-state index >= 15 is 0 Å². The van der Waals surface area contributed by atoms with Gasteiger partial charge in [-0.25, -0.2) is 4.79 Å². The normalized spacial score (nSPS) is 15.2. The van der Waals surface area contributed by atoms with E-state index in [4.69, 9.17) is 14.6 Å². The molecule has 1 atom stereocenters. The number of non-ortho nitro benzene ring substituents is 1. The van der Waals surface area contributed by atoms with Gasteiger partial charge in [-0.1, -0.05) is 6.92 Å². The minimum Gasteiger partial charge on any atom is -0.462 e. The summed E-state index contributed by atoms with van der Waals surface area (Å²) in [7, 11) is 0. The van der Waals surface area contributed by atoms with Gasteiger partial charge in [-0.05, 0) is 49.8 Å². The highest BCUT2D eigenvalue weighted by atomic mass is 32.1. The van der Waals surface area contributed by atoms with E-state index in [1.54, 1.807) is 6.92 Å². The fraction of sp³-hybridized carbons (Fsp3) is 0.318.